The van der Waals surface area contributed by atoms with Crippen LogP contribution in [0.1, 0.15) is 29.1 Å². The van der Waals surface area contributed by atoms with Crippen LogP contribution in [0.4, 0.5) is 10.1 Å². The fourth-order valence-electron chi connectivity index (χ4n) is 4.26. The van der Waals surface area contributed by atoms with E-state index in [-0.39, 0.29) is 24.2 Å². The van der Waals surface area contributed by atoms with Crippen LogP contribution < -0.4 is 15.6 Å². The number of hydrogen-bond acceptors (Lipinski definition) is 7. The molecule has 3 aromatic heterocycles. The van der Waals surface area contributed by atoms with Crippen LogP contribution in [0.2, 0.25) is 0 Å². The van der Waals surface area contributed by atoms with Gasteiger partial charge >= 0.3 is 5.69 Å². The second-order valence-electron chi connectivity index (χ2n) is 8.71. The molecule has 3 heterocycles. The summed E-state index contributed by atoms with van der Waals surface area (Å²) >= 11 is -1.28. The molecule has 0 N–H and O–H groups in total. The van der Waals surface area contributed by atoms with Crippen molar-refractivity contribution in [3.63, 3.8) is 0 Å². The topological polar surface area (TPSA) is 118 Å². The van der Waals surface area contributed by atoms with E-state index in [9.17, 15) is 22.7 Å². The summed E-state index contributed by atoms with van der Waals surface area (Å²) in [6.45, 7) is 1.17. The van der Waals surface area contributed by atoms with Crippen LogP contribution >= 0.6 is 11.3 Å². The first-order valence-electron chi connectivity index (χ1n) is 10.8. The van der Waals surface area contributed by atoms with Gasteiger partial charge in [0, 0.05) is 41.1 Å². The minimum Gasteiger partial charge on any atom is -0.755 e. The number of anilines is 1. The molecule has 184 valence electrons. The highest BCUT2D eigenvalue weighted by Crippen LogP contribution is 2.45. The van der Waals surface area contributed by atoms with Crippen molar-refractivity contribution in [2.75, 3.05) is 11.0 Å². The predicted molar refractivity (Wildman–Crippen MR) is 130 cm³/mol. The molecule has 1 saturated carbocycles. The minimum absolute atomic E-state index is 0.00656. The molecule has 0 saturated heterocycles. The third kappa shape index (κ3) is 4.23. The van der Waals surface area contributed by atoms with E-state index in [0.717, 1.165) is 13.9 Å². The highest BCUT2D eigenvalue weighted by atomic mass is 32.2. The van der Waals surface area contributed by atoms with Crippen molar-refractivity contribution in [1.82, 2.24) is 23.9 Å². The molecule has 5 rings (SSSR count). The number of aryl methyl sites for hydroxylation is 2. The number of nitrogens with zero attached hydrogens (tertiary/aromatic N) is 6. The molecule has 0 radical (unpaired) electrons. The highest BCUT2D eigenvalue weighted by molar-refractivity contribution is 7.80. The normalized spacial score (nSPS) is 15.4. The van der Waals surface area contributed by atoms with E-state index < -0.39 is 34.7 Å². The predicted octanol–water partition coefficient (Wildman–Crippen LogP) is 1.86. The second-order valence-corrected chi connectivity index (χ2v) is 10.6. The van der Waals surface area contributed by atoms with Crippen LogP contribution in [-0.4, -0.2) is 44.9 Å². The number of halogens is 1. The van der Waals surface area contributed by atoms with Crippen molar-refractivity contribution in [3.05, 3.63) is 73.1 Å². The molecule has 1 unspecified atom stereocenters. The van der Waals surface area contributed by atoms with Gasteiger partial charge in [0.15, 0.2) is 0 Å². The SMILES string of the molecule is Cc1nc(Cn2c(=O)n(Cc3cnn(C)c3)c(=O)c3cc(N(S(=O)[O-])C4(CF)CC4)ccc32)cs1. The second kappa shape index (κ2) is 8.81. The molecule has 13 heteroatoms. The number of benzene rings is 1. The lowest BCUT2D eigenvalue weighted by atomic mass is 10.2. The van der Waals surface area contributed by atoms with Crippen molar-refractivity contribution in [2.24, 2.45) is 7.05 Å². The molecule has 1 aliphatic rings. The summed E-state index contributed by atoms with van der Waals surface area (Å²) in [5.41, 5.74) is -0.348. The molecule has 0 amide bonds. The molecule has 4 aromatic rings. The Hall–Kier alpha value is -3.16. The Morgan fingerprint density at radius 3 is 2.60 bits per heavy atom. The molecule has 0 bridgehead atoms. The van der Waals surface area contributed by atoms with Crippen molar-refractivity contribution < 1.29 is 13.2 Å². The van der Waals surface area contributed by atoms with E-state index >= 15 is 0 Å². The van der Waals surface area contributed by atoms with Crippen LogP contribution in [0.25, 0.3) is 10.9 Å². The van der Waals surface area contributed by atoms with Crippen LogP contribution in [0, 0.1) is 6.92 Å². The summed E-state index contributed by atoms with van der Waals surface area (Å²) in [6, 6.07) is 4.46. The third-order valence-electron chi connectivity index (χ3n) is 6.18. The number of hydrogen-bond donors (Lipinski definition) is 0. The van der Waals surface area contributed by atoms with Gasteiger partial charge in [0.1, 0.15) is 6.67 Å². The summed E-state index contributed by atoms with van der Waals surface area (Å²) in [4.78, 5) is 31.4. The fraction of sp³-hybridized carbons (Fsp3) is 0.364. The first-order valence-corrected chi connectivity index (χ1v) is 12.7. The number of fused-ring (bicyclic) bond motifs is 1. The summed E-state index contributed by atoms with van der Waals surface area (Å²) in [5.74, 6) is 0. The lowest BCUT2D eigenvalue weighted by Gasteiger charge is -2.33. The van der Waals surface area contributed by atoms with Gasteiger partial charge < -0.3 is 4.55 Å². The zero-order valence-electron chi connectivity index (χ0n) is 19.0. The molecule has 0 aliphatic heterocycles. The Morgan fingerprint density at radius 1 is 1.26 bits per heavy atom. The molecule has 1 atom stereocenters. The van der Waals surface area contributed by atoms with Gasteiger partial charge in [-0.25, -0.2) is 14.2 Å². The molecular weight excluding hydrogens is 495 g/mol. The quantitative estimate of drug-likeness (QED) is 0.329. The van der Waals surface area contributed by atoms with Gasteiger partial charge in [-0.2, -0.15) is 5.10 Å². The molecule has 0 spiro atoms. The van der Waals surface area contributed by atoms with E-state index in [4.69, 9.17) is 0 Å². The maximum Gasteiger partial charge on any atom is 0.332 e. The van der Waals surface area contributed by atoms with Crippen LogP contribution in [-0.2, 0) is 31.4 Å². The van der Waals surface area contributed by atoms with Gasteiger partial charge in [-0.3, -0.25) is 27.1 Å². The van der Waals surface area contributed by atoms with Crippen LogP contribution in [0.5, 0.6) is 0 Å². The molecule has 1 aliphatic carbocycles. The van der Waals surface area contributed by atoms with Gasteiger partial charge in [0.25, 0.3) is 5.56 Å². The van der Waals surface area contributed by atoms with Crippen LogP contribution in [0.3, 0.4) is 0 Å². The standard InChI is InChI=1S/C22H23FN6O4S2/c1-14-25-16(12-34-14)11-27-19-4-3-17(29(35(32)33)22(13-23)5-6-22)7-18(19)20(30)28(21(27)31)10-15-8-24-26(2)9-15/h3-4,7-9,12H,5-6,10-11,13H2,1-2H3,(H,32,33)/p-1. The zero-order valence-corrected chi connectivity index (χ0v) is 20.6. The van der Waals surface area contributed by atoms with Crippen LogP contribution in [0.15, 0.2) is 45.6 Å². The maximum atomic E-state index is 13.8. The number of rotatable bonds is 8. The molecule has 10 nitrogen and oxygen atoms in total. The first-order chi connectivity index (χ1) is 16.7. The van der Waals surface area contributed by atoms with Gasteiger partial charge in [0.2, 0.25) is 0 Å². The summed E-state index contributed by atoms with van der Waals surface area (Å²) in [5, 5.41) is 6.95. The third-order valence-corrected chi connectivity index (χ3v) is 7.90. The van der Waals surface area contributed by atoms with Crippen molar-refractivity contribution in [1.29, 1.82) is 0 Å². The van der Waals surface area contributed by atoms with Crippen molar-refractivity contribution in [3.8, 4) is 0 Å². The number of thiazole rings is 1. The van der Waals surface area contributed by atoms with Gasteiger partial charge in [-0.05, 0) is 38.0 Å². The van der Waals surface area contributed by atoms with Gasteiger partial charge in [0.05, 0.1) is 46.4 Å². The highest BCUT2D eigenvalue weighted by Gasteiger charge is 2.49. The van der Waals surface area contributed by atoms with E-state index in [1.807, 2.05) is 12.3 Å². The zero-order chi connectivity index (χ0) is 24.9. The Kier molecular flexibility index (Phi) is 5.93. The summed E-state index contributed by atoms with van der Waals surface area (Å²) in [7, 11) is 1.73. The van der Waals surface area contributed by atoms with Gasteiger partial charge in [-0.1, -0.05) is 0 Å². The van der Waals surface area contributed by atoms with E-state index in [1.54, 1.807) is 24.1 Å². The summed E-state index contributed by atoms with van der Waals surface area (Å²) in [6.07, 6.45) is 4.06. The number of alkyl halides is 1. The molecule has 35 heavy (non-hydrogen) atoms. The average Bonchev–Trinajstić information content (AvgIpc) is 3.31. The van der Waals surface area contributed by atoms with Crippen molar-refractivity contribution >= 4 is 39.2 Å². The maximum absolute atomic E-state index is 13.8. The number of aromatic nitrogens is 5. The van der Waals surface area contributed by atoms with Gasteiger partial charge in [-0.15, -0.1) is 11.3 Å². The largest absolute Gasteiger partial charge is 0.755 e. The Bertz CT molecular complexity index is 1570. The fourth-order valence-corrected chi connectivity index (χ4v) is 5.70. The lowest BCUT2D eigenvalue weighted by Crippen LogP contribution is -2.42. The Morgan fingerprint density at radius 2 is 2.03 bits per heavy atom. The Labute approximate surface area is 205 Å². The molecule has 1 fully saturated rings. The van der Waals surface area contributed by atoms with E-state index in [2.05, 4.69) is 10.1 Å². The van der Waals surface area contributed by atoms with Crippen molar-refractivity contribution in [2.45, 2.75) is 38.4 Å². The molecule has 1 aromatic carbocycles. The smallest absolute Gasteiger partial charge is 0.332 e. The summed E-state index contributed by atoms with van der Waals surface area (Å²) < 4.78 is 43.0. The first kappa shape index (κ1) is 23.6. The van der Waals surface area contributed by atoms with E-state index in [1.165, 1.54) is 34.1 Å². The van der Waals surface area contributed by atoms with E-state index in [0.29, 0.717) is 29.6 Å². The Balaban J connectivity index is 1.71. The lowest BCUT2D eigenvalue weighted by molar-refractivity contribution is 0.411. The average molecular weight is 518 g/mol. The molecular formula is C22H22FN6O4S2-. The monoisotopic (exact) mass is 517 g/mol. The minimum atomic E-state index is -2.74.